The molecule has 0 radical (unpaired) electrons. The standard InChI is InChI=1S/C9H11NO2S/c10-9(12)5-6-13-8-4-2-1-3-7(8)11/h1-4,11H,5-6H2,(H2,10,12). The van der Waals surface area contributed by atoms with Gasteiger partial charge >= 0.3 is 0 Å². The molecule has 3 nitrogen and oxygen atoms in total. The fraction of sp³-hybridized carbons (Fsp3) is 0.222. The lowest BCUT2D eigenvalue weighted by Gasteiger charge is -2.01. The number of carbonyl (C=O) groups excluding carboxylic acids is 1. The maximum absolute atomic E-state index is 10.4. The fourth-order valence-electron chi connectivity index (χ4n) is 0.841. The summed E-state index contributed by atoms with van der Waals surface area (Å²) >= 11 is 1.42. The van der Waals surface area contributed by atoms with E-state index in [-0.39, 0.29) is 11.7 Å². The topological polar surface area (TPSA) is 63.3 Å². The van der Waals surface area contributed by atoms with Crippen LogP contribution in [0.15, 0.2) is 29.2 Å². The van der Waals surface area contributed by atoms with Crippen LogP contribution in [-0.2, 0) is 4.79 Å². The van der Waals surface area contributed by atoms with Crippen LogP contribution < -0.4 is 5.73 Å². The number of hydrogen-bond acceptors (Lipinski definition) is 3. The zero-order chi connectivity index (χ0) is 9.68. The van der Waals surface area contributed by atoms with Crippen molar-refractivity contribution < 1.29 is 9.90 Å². The Morgan fingerprint density at radius 2 is 2.15 bits per heavy atom. The summed E-state index contributed by atoms with van der Waals surface area (Å²) in [4.78, 5) is 11.2. The molecule has 0 aliphatic rings. The average molecular weight is 197 g/mol. The van der Waals surface area contributed by atoms with E-state index in [4.69, 9.17) is 5.73 Å². The molecule has 0 atom stereocenters. The second-order valence-corrected chi connectivity index (χ2v) is 3.67. The molecule has 0 aliphatic heterocycles. The normalized spacial score (nSPS) is 9.85. The number of phenolic OH excluding ortho intramolecular Hbond substituents is 1. The van der Waals surface area contributed by atoms with Crippen LogP contribution in [0.5, 0.6) is 5.75 Å². The molecule has 3 N–H and O–H groups in total. The van der Waals surface area contributed by atoms with Crippen molar-refractivity contribution in [2.45, 2.75) is 11.3 Å². The predicted octanol–water partition coefficient (Wildman–Crippen LogP) is 1.36. The van der Waals surface area contributed by atoms with E-state index in [9.17, 15) is 9.90 Å². The Kier molecular flexibility index (Phi) is 3.64. The highest BCUT2D eigenvalue weighted by Gasteiger charge is 2.00. The molecule has 0 aromatic heterocycles. The maximum Gasteiger partial charge on any atom is 0.218 e. The number of carbonyl (C=O) groups is 1. The third kappa shape index (κ3) is 3.38. The lowest BCUT2D eigenvalue weighted by Crippen LogP contribution is -2.10. The van der Waals surface area contributed by atoms with Gasteiger partial charge in [-0.3, -0.25) is 4.79 Å². The van der Waals surface area contributed by atoms with Gasteiger partial charge in [0.15, 0.2) is 0 Å². The highest BCUT2D eigenvalue weighted by molar-refractivity contribution is 7.99. The largest absolute Gasteiger partial charge is 0.507 e. The number of thioether (sulfide) groups is 1. The molecule has 0 unspecified atom stereocenters. The number of aromatic hydroxyl groups is 1. The first-order chi connectivity index (χ1) is 6.20. The minimum atomic E-state index is -0.317. The van der Waals surface area contributed by atoms with Gasteiger partial charge in [0, 0.05) is 17.1 Å². The number of amides is 1. The van der Waals surface area contributed by atoms with Crippen molar-refractivity contribution in [2.24, 2.45) is 5.73 Å². The predicted molar refractivity (Wildman–Crippen MR) is 52.6 cm³/mol. The molecule has 4 heteroatoms. The van der Waals surface area contributed by atoms with Crippen molar-refractivity contribution >= 4 is 17.7 Å². The summed E-state index contributed by atoms with van der Waals surface area (Å²) in [6, 6.07) is 7.02. The molecular weight excluding hydrogens is 186 g/mol. The molecule has 0 fully saturated rings. The van der Waals surface area contributed by atoms with E-state index in [1.807, 2.05) is 6.07 Å². The molecule has 1 aromatic rings. The van der Waals surface area contributed by atoms with Crippen LogP contribution >= 0.6 is 11.8 Å². The molecule has 0 bridgehead atoms. The van der Waals surface area contributed by atoms with E-state index >= 15 is 0 Å². The number of rotatable bonds is 4. The quantitative estimate of drug-likeness (QED) is 0.716. The Bertz CT molecular complexity index is 301. The Morgan fingerprint density at radius 3 is 2.77 bits per heavy atom. The van der Waals surface area contributed by atoms with E-state index in [1.165, 1.54) is 11.8 Å². The van der Waals surface area contributed by atoms with Gasteiger partial charge in [-0.2, -0.15) is 0 Å². The van der Waals surface area contributed by atoms with Crippen molar-refractivity contribution in [3.8, 4) is 5.75 Å². The summed E-state index contributed by atoms with van der Waals surface area (Å²) in [5.41, 5.74) is 4.98. The maximum atomic E-state index is 10.4. The van der Waals surface area contributed by atoms with Gasteiger partial charge in [0.2, 0.25) is 5.91 Å². The first kappa shape index (κ1) is 9.92. The van der Waals surface area contributed by atoms with Crippen molar-refractivity contribution in [1.29, 1.82) is 0 Å². The van der Waals surface area contributed by atoms with Crippen LogP contribution in [0.4, 0.5) is 0 Å². The van der Waals surface area contributed by atoms with Crippen molar-refractivity contribution in [3.05, 3.63) is 24.3 Å². The zero-order valence-corrected chi connectivity index (χ0v) is 7.88. The Morgan fingerprint density at radius 1 is 1.46 bits per heavy atom. The Hall–Kier alpha value is -1.16. The summed E-state index contributed by atoms with van der Waals surface area (Å²) in [7, 11) is 0. The zero-order valence-electron chi connectivity index (χ0n) is 7.06. The average Bonchev–Trinajstić information content (AvgIpc) is 2.08. The highest BCUT2D eigenvalue weighted by Crippen LogP contribution is 2.27. The lowest BCUT2D eigenvalue weighted by atomic mass is 10.3. The third-order valence-electron chi connectivity index (χ3n) is 1.47. The minimum absolute atomic E-state index is 0.247. The lowest BCUT2D eigenvalue weighted by molar-refractivity contribution is -0.117. The van der Waals surface area contributed by atoms with Gasteiger partial charge in [-0.05, 0) is 12.1 Å². The number of para-hydroxylation sites is 1. The van der Waals surface area contributed by atoms with E-state index in [0.717, 1.165) is 4.90 Å². The van der Waals surface area contributed by atoms with E-state index in [2.05, 4.69) is 0 Å². The van der Waals surface area contributed by atoms with Gasteiger partial charge in [-0.1, -0.05) is 12.1 Å². The van der Waals surface area contributed by atoms with Crippen LogP contribution in [0.1, 0.15) is 6.42 Å². The molecule has 13 heavy (non-hydrogen) atoms. The summed E-state index contributed by atoms with van der Waals surface area (Å²) < 4.78 is 0. The van der Waals surface area contributed by atoms with Gasteiger partial charge in [0.1, 0.15) is 5.75 Å². The second-order valence-electron chi connectivity index (χ2n) is 2.53. The molecule has 70 valence electrons. The molecule has 0 saturated carbocycles. The second kappa shape index (κ2) is 4.77. The van der Waals surface area contributed by atoms with E-state index < -0.39 is 0 Å². The summed E-state index contributed by atoms with van der Waals surface area (Å²) in [6.07, 6.45) is 0.332. The monoisotopic (exact) mass is 197 g/mol. The number of hydrogen-bond donors (Lipinski definition) is 2. The smallest absolute Gasteiger partial charge is 0.218 e. The summed E-state index contributed by atoms with van der Waals surface area (Å²) in [5.74, 6) is 0.535. The van der Waals surface area contributed by atoms with Crippen molar-refractivity contribution in [3.63, 3.8) is 0 Å². The molecule has 0 saturated heterocycles. The number of benzene rings is 1. The first-order valence-corrected chi connectivity index (χ1v) is 4.88. The number of nitrogens with two attached hydrogens (primary N) is 1. The molecule has 0 spiro atoms. The molecule has 1 aromatic carbocycles. The number of primary amides is 1. The molecule has 0 aliphatic carbocycles. The van der Waals surface area contributed by atoms with Crippen molar-refractivity contribution in [2.75, 3.05) is 5.75 Å². The van der Waals surface area contributed by atoms with Crippen LogP contribution in [0, 0.1) is 0 Å². The fourth-order valence-corrected chi connectivity index (χ4v) is 1.75. The molecule has 1 amide bonds. The van der Waals surface area contributed by atoms with Crippen LogP contribution in [-0.4, -0.2) is 16.8 Å². The highest BCUT2D eigenvalue weighted by atomic mass is 32.2. The van der Waals surface area contributed by atoms with Crippen LogP contribution in [0.25, 0.3) is 0 Å². The molecular formula is C9H11NO2S. The van der Waals surface area contributed by atoms with Gasteiger partial charge in [-0.25, -0.2) is 0 Å². The summed E-state index contributed by atoms with van der Waals surface area (Å²) in [5, 5.41) is 9.34. The van der Waals surface area contributed by atoms with Crippen LogP contribution in [0.2, 0.25) is 0 Å². The first-order valence-electron chi connectivity index (χ1n) is 3.89. The third-order valence-corrected chi connectivity index (χ3v) is 2.54. The SMILES string of the molecule is NC(=O)CCSc1ccccc1O. The molecule has 0 heterocycles. The summed E-state index contributed by atoms with van der Waals surface area (Å²) in [6.45, 7) is 0. The van der Waals surface area contributed by atoms with Gasteiger partial charge in [0.05, 0.1) is 0 Å². The van der Waals surface area contributed by atoms with Gasteiger partial charge in [0.25, 0.3) is 0 Å². The van der Waals surface area contributed by atoms with E-state index in [0.29, 0.717) is 12.2 Å². The van der Waals surface area contributed by atoms with Gasteiger partial charge < -0.3 is 10.8 Å². The number of phenols is 1. The van der Waals surface area contributed by atoms with E-state index in [1.54, 1.807) is 18.2 Å². The molecule has 1 rings (SSSR count). The Balaban J connectivity index is 2.45. The van der Waals surface area contributed by atoms with Crippen molar-refractivity contribution in [1.82, 2.24) is 0 Å². The minimum Gasteiger partial charge on any atom is -0.507 e. The van der Waals surface area contributed by atoms with Gasteiger partial charge in [-0.15, -0.1) is 11.8 Å². The van der Waals surface area contributed by atoms with Crippen LogP contribution in [0.3, 0.4) is 0 Å². The Labute approximate surface area is 80.9 Å².